The molecule has 0 radical (unpaired) electrons. The molecule has 30 heavy (non-hydrogen) atoms. The molecule has 3 aromatic carbocycles. The van der Waals surface area contributed by atoms with Crippen LogP contribution in [-0.2, 0) is 16.1 Å². The maximum Gasteiger partial charge on any atom is 0.347 e. The zero-order valence-corrected chi connectivity index (χ0v) is 16.3. The summed E-state index contributed by atoms with van der Waals surface area (Å²) in [6, 6.07) is 22.5. The SMILES string of the molecule is C[C@@H](Oc1ccc(N2C(=O)c3ccccc3C2=O)cc1)C(=O)OCc1ccccc1. The third-order valence-electron chi connectivity index (χ3n) is 4.76. The Bertz CT molecular complexity index is 1060. The van der Waals surface area contributed by atoms with Gasteiger partial charge in [0.05, 0.1) is 16.8 Å². The zero-order valence-electron chi connectivity index (χ0n) is 16.3. The number of ether oxygens (including phenoxy) is 2. The molecule has 1 heterocycles. The lowest BCUT2D eigenvalue weighted by molar-refractivity contribution is -0.152. The minimum atomic E-state index is -0.807. The topological polar surface area (TPSA) is 72.9 Å². The van der Waals surface area contributed by atoms with E-state index in [4.69, 9.17) is 9.47 Å². The first-order valence-electron chi connectivity index (χ1n) is 9.49. The predicted molar refractivity (Wildman–Crippen MR) is 110 cm³/mol. The molecule has 3 aromatic rings. The smallest absolute Gasteiger partial charge is 0.347 e. The van der Waals surface area contributed by atoms with Crippen molar-refractivity contribution in [1.82, 2.24) is 0 Å². The average molecular weight is 401 g/mol. The van der Waals surface area contributed by atoms with Gasteiger partial charge in [0.1, 0.15) is 12.4 Å². The van der Waals surface area contributed by atoms with Crippen LogP contribution in [-0.4, -0.2) is 23.9 Å². The summed E-state index contributed by atoms with van der Waals surface area (Å²) >= 11 is 0. The number of rotatable bonds is 6. The Hall–Kier alpha value is -3.93. The van der Waals surface area contributed by atoms with Gasteiger partial charge in [-0.1, -0.05) is 42.5 Å². The minimum Gasteiger partial charge on any atom is -0.479 e. The summed E-state index contributed by atoms with van der Waals surface area (Å²) < 4.78 is 10.9. The highest BCUT2D eigenvalue weighted by Crippen LogP contribution is 2.29. The summed E-state index contributed by atoms with van der Waals surface area (Å²) in [5, 5.41) is 0. The van der Waals surface area contributed by atoms with Gasteiger partial charge in [-0.2, -0.15) is 0 Å². The van der Waals surface area contributed by atoms with Gasteiger partial charge in [-0.15, -0.1) is 0 Å². The third kappa shape index (κ3) is 3.80. The molecule has 0 aromatic heterocycles. The second-order valence-corrected chi connectivity index (χ2v) is 6.84. The van der Waals surface area contributed by atoms with E-state index in [1.807, 2.05) is 30.3 Å². The number of carbonyl (C=O) groups excluding carboxylic acids is 3. The minimum absolute atomic E-state index is 0.173. The van der Waals surface area contributed by atoms with Gasteiger partial charge in [-0.05, 0) is 48.9 Å². The highest BCUT2D eigenvalue weighted by molar-refractivity contribution is 6.34. The Morgan fingerprint density at radius 2 is 1.40 bits per heavy atom. The summed E-state index contributed by atoms with van der Waals surface area (Å²) in [5.41, 5.74) is 2.10. The summed E-state index contributed by atoms with van der Waals surface area (Å²) in [5.74, 6) is -0.771. The van der Waals surface area contributed by atoms with E-state index < -0.39 is 12.1 Å². The molecule has 0 unspecified atom stereocenters. The molecule has 0 saturated carbocycles. The van der Waals surface area contributed by atoms with Gasteiger partial charge in [0.2, 0.25) is 0 Å². The van der Waals surface area contributed by atoms with Crippen molar-refractivity contribution < 1.29 is 23.9 Å². The van der Waals surface area contributed by atoms with E-state index in [0.717, 1.165) is 10.5 Å². The summed E-state index contributed by atoms with van der Waals surface area (Å²) in [7, 11) is 0. The van der Waals surface area contributed by atoms with Crippen LogP contribution in [0.4, 0.5) is 5.69 Å². The largest absolute Gasteiger partial charge is 0.479 e. The van der Waals surface area contributed by atoms with Crippen molar-refractivity contribution in [3.8, 4) is 5.75 Å². The monoisotopic (exact) mass is 401 g/mol. The Morgan fingerprint density at radius 1 is 0.833 bits per heavy atom. The van der Waals surface area contributed by atoms with Gasteiger partial charge in [-0.25, -0.2) is 9.69 Å². The van der Waals surface area contributed by atoms with Gasteiger partial charge >= 0.3 is 5.97 Å². The highest BCUT2D eigenvalue weighted by atomic mass is 16.6. The maximum atomic E-state index is 12.6. The molecule has 2 amide bonds. The van der Waals surface area contributed by atoms with Gasteiger partial charge in [0.15, 0.2) is 6.10 Å². The maximum absolute atomic E-state index is 12.6. The van der Waals surface area contributed by atoms with Crippen LogP contribution >= 0.6 is 0 Å². The van der Waals surface area contributed by atoms with E-state index in [2.05, 4.69) is 0 Å². The normalized spacial score (nSPS) is 13.7. The molecule has 6 nitrogen and oxygen atoms in total. The molecule has 1 aliphatic heterocycles. The quantitative estimate of drug-likeness (QED) is 0.461. The average Bonchev–Trinajstić information content (AvgIpc) is 3.04. The first-order chi connectivity index (χ1) is 14.5. The fourth-order valence-corrected chi connectivity index (χ4v) is 3.20. The second kappa shape index (κ2) is 8.21. The molecule has 0 fully saturated rings. The molecule has 1 atom stereocenters. The number of imide groups is 1. The number of anilines is 1. The van der Waals surface area contributed by atoms with Crippen LogP contribution in [0, 0.1) is 0 Å². The molecule has 0 spiro atoms. The lowest BCUT2D eigenvalue weighted by Gasteiger charge is -2.16. The van der Waals surface area contributed by atoms with Gasteiger partial charge in [-0.3, -0.25) is 9.59 Å². The molecule has 0 bridgehead atoms. The number of hydrogen-bond acceptors (Lipinski definition) is 5. The Labute approximate surface area is 173 Å². The second-order valence-electron chi connectivity index (χ2n) is 6.84. The molecule has 4 rings (SSSR count). The molecule has 1 aliphatic rings. The van der Waals surface area contributed by atoms with Crippen LogP contribution in [0.2, 0.25) is 0 Å². The molecule has 0 saturated heterocycles. The molecule has 0 N–H and O–H groups in total. The number of hydrogen-bond donors (Lipinski definition) is 0. The number of esters is 1. The van der Waals surface area contributed by atoms with Gasteiger partial charge in [0.25, 0.3) is 11.8 Å². The van der Waals surface area contributed by atoms with E-state index in [-0.39, 0.29) is 18.4 Å². The van der Waals surface area contributed by atoms with Gasteiger partial charge in [0, 0.05) is 0 Å². The number of fused-ring (bicyclic) bond motifs is 1. The summed E-state index contributed by atoms with van der Waals surface area (Å²) in [4.78, 5) is 38.4. The van der Waals surface area contributed by atoms with Crippen molar-refractivity contribution in [1.29, 1.82) is 0 Å². The van der Waals surface area contributed by atoms with Crippen LogP contribution in [0.5, 0.6) is 5.75 Å². The Kier molecular flexibility index (Phi) is 5.30. The number of carbonyl (C=O) groups is 3. The van der Waals surface area contributed by atoms with Crippen molar-refractivity contribution in [3.63, 3.8) is 0 Å². The lowest BCUT2D eigenvalue weighted by Crippen LogP contribution is -2.29. The van der Waals surface area contributed by atoms with Crippen molar-refractivity contribution in [2.45, 2.75) is 19.6 Å². The number of amides is 2. The van der Waals surface area contributed by atoms with Crippen molar-refractivity contribution >= 4 is 23.5 Å². The van der Waals surface area contributed by atoms with E-state index >= 15 is 0 Å². The van der Waals surface area contributed by atoms with Gasteiger partial charge < -0.3 is 9.47 Å². The highest BCUT2D eigenvalue weighted by Gasteiger charge is 2.36. The van der Waals surface area contributed by atoms with Crippen molar-refractivity contribution in [2.24, 2.45) is 0 Å². The third-order valence-corrected chi connectivity index (χ3v) is 4.76. The Morgan fingerprint density at radius 3 is 2.00 bits per heavy atom. The summed E-state index contributed by atoms with van der Waals surface area (Å²) in [6.45, 7) is 1.78. The molecule has 6 heteroatoms. The number of nitrogens with zero attached hydrogens (tertiary/aromatic N) is 1. The van der Waals surface area contributed by atoms with E-state index in [1.54, 1.807) is 55.5 Å². The molecule has 150 valence electrons. The van der Waals surface area contributed by atoms with Crippen LogP contribution in [0.3, 0.4) is 0 Å². The van der Waals surface area contributed by atoms with Crippen LogP contribution in [0.1, 0.15) is 33.2 Å². The fraction of sp³-hybridized carbons (Fsp3) is 0.125. The first kappa shape index (κ1) is 19.4. The summed E-state index contributed by atoms with van der Waals surface area (Å²) in [6.07, 6.45) is -0.807. The van der Waals surface area contributed by atoms with E-state index in [1.165, 1.54) is 0 Å². The van der Waals surface area contributed by atoms with Crippen molar-refractivity contribution in [2.75, 3.05) is 4.90 Å². The van der Waals surface area contributed by atoms with E-state index in [0.29, 0.717) is 22.6 Å². The fourth-order valence-electron chi connectivity index (χ4n) is 3.20. The van der Waals surface area contributed by atoms with Crippen LogP contribution < -0.4 is 9.64 Å². The molecule has 0 aliphatic carbocycles. The molecular weight excluding hydrogens is 382 g/mol. The molecular formula is C24H19NO5. The van der Waals surface area contributed by atoms with Crippen LogP contribution in [0.25, 0.3) is 0 Å². The Balaban J connectivity index is 1.39. The van der Waals surface area contributed by atoms with E-state index in [9.17, 15) is 14.4 Å². The van der Waals surface area contributed by atoms with Crippen molar-refractivity contribution in [3.05, 3.63) is 95.6 Å². The predicted octanol–water partition coefficient (Wildman–Crippen LogP) is 4.00. The lowest BCUT2D eigenvalue weighted by atomic mass is 10.1. The zero-order chi connectivity index (χ0) is 21.1. The van der Waals surface area contributed by atoms with Crippen LogP contribution in [0.15, 0.2) is 78.9 Å². The number of benzene rings is 3. The first-order valence-corrected chi connectivity index (χ1v) is 9.49. The standard InChI is InChI=1S/C24H19NO5/c1-16(24(28)29-15-17-7-3-2-4-8-17)30-19-13-11-18(12-14-19)25-22(26)20-9-5-6-10-21(20)23(25)27/h2-14,16H,15H2,1H3/t16-/m1/s1.